The van der Waals surface area contributed by atoms with Crippen molar-refractivity contribution in [1.29, 1.82) is 0 Å². The quantitative estimate of drug-likeness (QED) is 0.117. The van der Waals surface area contributed by atoms with E-state index in [1.54, 1.807) is 37.0 Å². The van der Waals surface area contributed by atoms with E-state index < -0.39 is 36.6 Å². The number of hydrogen-bond donors (Lipinski definition) is 8. The second kappa shape index (κ2) is 13.6. The van der Waals surface area contributed by atoms with E-state index in [9.17, 15) is 34.5 Å². The van der Waals surface area contributed by atoms with Crippen molar-refractivity contribution in [3.8, 4) is 0 Å². The first-order chi connectivity index (χ1) is 21.9. The SMILES string of the molecule is C[C@H]1O[C@@H](NC(=O)c2cc(NC(=O)CCCNC(=O)c3cc(NC(=O)c4cc5ccccc5[nH]4)cn3C)cn2C)[C@H](O)[C@@H](O)[C@H]1O. The maximum atomic E-state index is 12.8. The number of carbonyl (C=O) groups is 4. The maximum Gasteiger partial charge on any atom is 0.272 e. The average molecular weight is 636 g/mol. The largest absolute Gasteiger partial charge is 0.388 e. The number of para-hydroxylation sites is 1. The molecule has 8 N–H and O–H groups in total. The zero-order valence-corrected chi connectivity index (χ0v) is 25.5. The van der Waals surface area contributed by atoms with Crippen LogP contribution >= 0.6 is 0 Å². The molecule has 0 aliphatic carbocycles. The zero-order chi connectivity index (χ0) is 33.1. The summed E-state index contributed by atoms with van der Waals surface area (Å²) in [5.41, 5.74) is 2.55. The topological polar surface area (TPSA) is 212 Å². The third-order valence-electron chi connectivity index (χ3n) is 7.78. The molecule has 5 atom stereocenters. The Bertz CT molecular complexity index is 1720. The van der Waals surface area contributed by atoms with Crippen molar-refractivity contribution < 1.29 is 39.2 Å². The summed E-state index contributed by atoms with van der Waals surface area (Å²) in [7, 11) is 3.29. The van der Waals surface area contributed by atoms with Gasteiger partial charge in [-0.25, -0.2) is 0 Å². The first-order valence-electron chi connectivity index (χ1n) is 14.7. The van der Waals surface area contributed by atoms with Crippen LogP contribution in [0.3, 0.4) is 0 Å². The number of aryl methyl sites for hydroxylation is 2. The molecule has 1 aromatic carbocycles. The number of hydrogen-bond acceptors (Lipinski definition) is 8. The molecular formula is C31H37N7O8. The molecule has 0 unspecified atom stereocenters. The minimum atomic E-state index is -1.53. The van der Waals surface area contributed by atoms with Crippen LogP contribution in [0.25, 0.3) is 10.9 Å². The molecular weight excluding hydrogens is 598 g/mol. The molecule has 15 nitrogen and oxygen atoms in total. The first-order valence-corrected chi connectivity index (χ1v) is 14.7. The number of nitrogens with zero attached hydrogens (tertiary/aromatic N) is 2. The summed E-state index contributed by atoms with van der Waals surface area (Å²) >= 11 is 0. The highest BCUT2D eigenvalue weighted by Crippen LogP contribution is 2.21. The van der Waals surface area contributed by atoms with Crippen molar-refractivity contribution >= 4 is 45.9 Å². The predicted octanol–water partition coefficient (Wildman–Crippen LogP) is 0.803. The van der Waals surface area contributed by atoms with Gasteiger partial charge in [-0.05, 0) is 37.6 Å². The number of aromatic nitrogens is 3. The fraction of sp³-hybridized carbons (Fsp3) is 0.355. The van der Waals surface area contributed by atoms with E-state index in [1.165, 1.54) is 23.8 Å². The normalized spacial score (nSPS) is 21.1. The van der Waals surface area contributed by atoms with E-state index >= 15 is 0 Å². The summed E-state index contributed by atoms with van der Waals surface area (Å²) in [6, 6.07) is 12.3. The Morgan fingerprint density at radius 2 is 1.50 bits per heavy atom. The van der Waals surface area contributed by atoms with E-state index in [0.29, 0.717) is 29.2 Å². The van der Waals surface area contributed by atoms with Gasteiger partial charge < -0.3 is 55.4 Å². The molecule has 244 valence electrons. The lowest BCUT2D eigenvalue weighted by Gasteiger charge is -2.39. The number of nitrogens with one attached hydrogen (secondary N) is 5. The van der Waals surface area contributed by atoms with Crippen LogP contribution in [0.2, 0.25) is 0 Å². The molecule has 0 spiro atoms. The van der Waals surface area contributed by atoms with Crippen LogP contribution in [0, 0.1) is 0 Å². The van der Waals surface area contributed by atoms with Crippen molar-refractivity contribution in [3.63, 3.8) is 0 Å². The van der Waals surface area contributed by atoms with Crippen LogP contribution in [-0.4, -0.2) is 90.3 Å². The smallest absolute Gasteiger partial charge is 0.272 e. The Morgan fingerprint density at radius 1 is 0.848 bits per heavy atom. The number of H-pyrrole nitrogens is 1. The van der Waals surface area contributed by atoms with Crippen LogP contribution < -0.4 is 21.3 Å². The number of benzene rings is 1. The monoisotopic (exact) mass is 635 g/mol. The number of carbonyl (C=O) groups excluding carboxylic acids is 4. The van der Waals surface area contributed by atoms with Crippen molar-refractivity contribution in [2.75, 3.05) is 17.2 Å². The molecule has 1 aliphatic heterocycles. The van der Waals surface area contributed by atoms with Gasteiger partial charge in [-0.2, -0.15) is 0 Å². The van der Waals surface area contributed by atoms with Gasteiger partial charge in [0.1, 0.15) is 35.4 Å². The Kier molecular flexibility index (Phi) is 9.57. The van der Waals surface area contributed by atoms with Crippen molar-refractivity contribution in [2.24, 2.45) is 14.1 Å². The lowest BCUT2D eigenvalue weighted by molar-refractivity contribution is -0.221. The summed E-state index contributed by atoms with van der Waals surface area (Å²) in [6.07, 6.45) is -2.76. The molecule has 1 saturated heterocycles. The second-order valence-corrected chi connectivity index (χ2v) is 11.3. The van der Waals surface area contributed by atoms with Crippen LogP contribution in [0.15, 0.2) is 54.9 Å². The van der Waals surface area contributed by atoms with Crippen LogP contribution in [-0.2, 0) is 23.6 Å². The summed E-state index contributed by atoms with van der Waals surface area (Å²) < 4.78 is 8.49. The van der Waals surface area contributed by atoms with Crippen molar-refractivity contribution in [1.82, 2.24) is 24.8 Å². The lowest BCUT2D eigenvalue weighted by atomic mass is 9.99. The highest BCUT2D eigenvalue weighted by Gasteiger charge is 2.42. The Morgan fingerprint density at radius 3 is 2.20 bits per heavy atom. The van der Waals surface area contributed by atoms with E-state index in [4.69, 9.17) is 4.74 Å². The summed E-state index contributed by atoms with van der Waals surface area (Å²) in [5, 5.41) is 41.7. The highest BCUT2D eigenvalue weighted by atomic mass is 16.5. The molecule has 4 heterocycles. The highest BCUT2D eigenvalue weighted by molar-refractivity contribution is 6.06. The zero-order valence-electron chi connectivity index (χ0n) is 25.5. The van der Waals surface area contributed by atoms with Crippen LogP contribution in [0.4, 0.5) is 11.4 Å². The van der Waals surface area contributed by atoms with Gasteiger partial charge in [-0.3, -0.25) is 19.2 Å². The van der Waals surface area contributed by atoms with Crippen LogP contribution in [0.5, 0.6) is 0 Å². The minimum absolute atomic E-state index is 0.0931. The number of rotatable bonds is 10. The molecule has 5 rings (SSSR count). The fourth-order valence-corrected chi connectivity index (χ4v) is 5.25. The third-order valence-corrected chi connectivity index (χ3v) is 7.78. The molecule has 1 fully saturated rings. The number of fused-ring (bicyclic) bond motifs is 1. The van der Waals surface area contributed by atoms with E-state index in [1.807, 2.05) is 24.3 Å². The maximum absolute atomic E-state index is 12.8. The van der Waals surface area contributed by atoms with Gasteiger partial charge in [0.05, 0.1) is 17.5 Å². The standard InChI is InChI=1S/C31H37N7O8/c1-16-25(40)26(41)27(42)31(46-16)36-30(45)23-12-18(14-38(23)3)33-24(39)9-6-10-32-29(44)22-13-19(15-37(22)2)34-28(43)21-11-17-7-4-5-8-20(17)35-21/h4-5,7-8,11-16,25-27,31,35,40-42H,6,9-10H2,1-3H3,(H,32,44)(H,33,39)(H,34,43)(H,36,45)/t16-,25+,26+,27-,31-/m1/s1. The molecule has 1 aliphatic rings. The molecule has 15 heteroatoms. The third kappa shape index (κ3) is 7.13. The van der Waals surface area contributed by atoms with Gasteiger partial charge in [0.25, 0.3) is 17.7 Å². The van der Waals surface area contributed by atoms with Gasteiger partial charge in [0.2, 0.25) is 5.91 Å². The van der Waals surface area contributed by atoms with Gasteiger partial charge in [-0.15, -0.1) is 0 Å². The van der Waals surface area contributed by atoms with Crippen molar-refractivity contribution in [3.05, 3.63) is 71.9 Å². The average Bonchev–Trinajstić information content (AvgIpc) is 3.72. The number of aliphatic hydroxyl groups is 3. The summed E-state index contributed by atoms with van der Waals surface area (Å²) in [5.74, 6) is -1.65. The van der Waals surface area contributed by atoms with Gasteiger partial charge in [-0.1, -0.05) is 18.2 Å². The second-order valence-electron chi connectivity index (χ2n) is 11.3. The molecule has 3 aromatic heterocycles. The Hall–Kier alpha value is -4.96. The Labute approximate surface area is 263 Å². The van der Waals surface area contributed by atoms with Gasteiger partial charge in [0.15, 0.2) is 6.23 Å². The predicted molar refractivity (Wildman–Crippen MR) is 167 cm³/mol. The fourth-order valence-electron chi connectivity index (χ4n) is 5.25. The number of aliphatic hydroxyl groups excluding tert-OH is 3. The molecule has 4 amide bonds. The summed E-state index contributed by atoms with van der Waals surface area (Å²) in [4.78, 5) is 53.9. The lowest BCUT2D eigenvalue weighted by Crippen LogP contribution is -2.61. The van der Waals surface area contributed by atoms with Gasteiger partial charge in [0, 0.05) is 50.4 Å². The Balaban J connectivity index is 1.06. The number of amides is 4. The number of ether oxygens (including phenoxy) is 1. The molecule has 4 aromatic rings. The molecule has 0 radical (unpaired) electrons. The molecule has 0 bridgehead atoms. The van der Waals surface area contributed by atoms with E-state index in [2.05, 4.69) is 26.3 Å². The van der Waals surface area contributed by atoms with Gasteiger partial charge >= 0.3 is 0 Å². The molecule has 0 saturated carbocycles. The molecule has 46 heavy (non-hydrogen) atoms. The number of anilines is 2. The number of aromatic amines is 1. The van der Waals surface area contributed by atoms with Crippen molar-refractivity contribution in [2.45, 2.75) is 50.4 Å². The first kappa shape index (κ1) is 32.4. The van der Waals surface area contributed by atoms with E-state index in [-0.39, 0.29) is 36.4 Å². The summed E-state index contributed by atoms with van der Waals surface area (Å²) in [6.45, 7) is 1.73. The van der Waals surface area contributed by atoms with E-state index in [0.717, 1.165) is 10.9 Å². The minimum Gasteiger partial charge on any atom is -0.388 e. The van der Waals surface area contributed by atoms with Crippen LogP contribution in [0.1, 0.15) is 51.2 Å².